The number of hydrogen-bond acceptors (Lipinski definition) is 5. The van der Waals surface area contributed by atoms with Gasteiger partial charge in [-0.2, -0.15) is 4.98 Å². The molecule has 0 radical (unpaired) electrons. The Kier molecular flexibility index (Phi) is 7.13. The van der Waals surface area contributed by atoms with Crippen LogP contribution < -0.4 is 5.32 Å². The zero-order chi connectivity index (χ0) is 21.8. The van der Waals surface area contributed by atoms with Gasteiger partial charge in [0.25, 0.3) is 5.78 Å². The number of thioether (sulfide) groups is 1. The SMILES string of the molecule is CCCCc1c(C)nc2nc(SC(C)C(=O)Nc3ccccc3C(C)C)nn2c1C. The standard InChI is InChI=1S/C23H31N5OS/c1-7-8-11-19-15(4)24-22-26-23(27-28(22)16(19)5)30-17(6)21(29)25-20-13-10-9-12-18(20)14(2)3/h9-10,12-14,17H,7-8,11H2,1-6H3,(H,25,29). The number of nitrogens with zero attached hydrogens (tertiary/aromatic N) is 4. The van der Waals surface area contributed by atoms with Gasteiger partial charge in [0, 0.05) is 17.1 Å². The second-order valence-electron chi connectivity index (χ2n) is 7.96. The molecule has 6 nitrogen and oxygen atoms in total. The van der Waals surface area contributed by atoms with E-state index in [9.17, 15) is 4.79 Å². The van der Waals surface area contributed by atoms with Crippen LogP contribution in [0.15, 0.2) is 29.4 Å². The van der Waals surface area contributed by atoms with Crippen LogP contribution in [0.2, 0.25) is 0 Å². The minimum atomic E-state index is -0.330. The van der Waals surface area contributed by atoms with E-state index in [2.05, 4.69) is 54.1 Å². The molecule has 0 aliphatic heterocycles. The third-order valence-corrected chi connectivity index (χ3v) is 6.25. The van der Waals surface area contributed by atoms with Gasteiger partial charge in [-0.05, 0) is 56.7 Å². The summed E-state index contributed by atoms with van der Waals surface area (Å²) < 4.78 is 1.80. The lowest BCUT2D eigenvalue weighted by atomic mass is 10.0. The molecule has 1 atom stereocenters. The minimum absolute atomic E-state index is 0.0588. The highest BCUT2D eigenvalue weighted by Gasteiger charge is 2.20. The Morgan fingerprint density at radius 1 is 1.17 bits per heavy atom. The van der Waals surface area contributed by atoms with Crippen LogP contribution in [-0.2, 0) is 11.2 Å². The fourth-order valence-corrected chi connectivity index (χ4v) is 4.26. The van der Waals surface area contributed by atoms with E-state index in [1.807, 2.05) is 32.0 Å². The van der Waals surface area contributed by atoms with E-state index >= 15 is 0 Å². The average Bonchev–Trinajstić information content (AvgIpc) is 3.10. The summed E-state index contributed by atoms with van der Waals surface area (Å²) in [6.07, 6.45) is 3.26. The molecular formula is C23H31N5OS. The van der Waals surface area contributed by atoms with Crippen molar-refractivity contribution in [2.75, 3.05) is 5.32 Å². The molecule has 2 heterocycles. The number of carbonyl (C=O) groups excluding carboxylic acids is 1. The normalized spacial score (nSPS) is 12.5. The van der Waals surface area contributed by atoms with Crippen LogP contribution in [0.5, 0.6) is 0 Å². The summed E-state index contributed by atoms with van der Waals surface area (Å²) in [5, 5.41) is 7.92. The first-order chi connectivity index (χ1) is 14.3. The number of anilines is 1. The second-order valence-corrected chi connectivity index (χ2v) is 9.27. The summed E-state index contributed by atoms with van der Waals surface area (Å²) in [5.74, 6) is 0.866. The number of rotatable bonds is 8. The molecule has 0 saturated carbocycles. The lowest BCUT2D eigenvalue weighted by Crippen LogP contribution is -2.23. The molecule has 0 aliphatic rings. The van der Waals surface area contributed by atoms with Crippen LogP contribution in [0, 0.1) is 13.8 Å². The van der Waals surface area contributed by atoms with Gasteiger partial charge in [-0.25, -0.2) is 9.50 Å². The smallest absolute Gasteiger partial charge is 0.253 e. The predicted molar refractivity (Wildman–Crippen MR) is 123 cm³/mol. The molecule has 1 N–H and O–H groups in total. The van der Waals surface area contributed by atoms with Crippen molar-refractivity contribution < 1.29 is 4.79 Å². The van der Waals surface area contributed by atoms with Gasteiger partial charge in [-0.1, -0.05) is 57.2 Å². The first-order valence-corrected chi connectivity index (χ1v) is 11.5. The fraction of sp³-hybridized carbons (Fsp3) is 0.478. The number of fused-ring (bicyclic) bond motifs is 1. The molecule has 1 amide bonds. The molecule has 3 rings (SSSR count). The maximum atomic E-state index is 12.8. The number of aromatic nitrogens is 4. The van der Waals surface area contributed by atoms with E-state index in [1.165, 1.54) is 17.3 Å². The first kappa shape index (κ1) is 22.3. The fourth-order valence-electron chi connectivity index (χ4n) is 3.52. The lowest BCUT2D eigenvalue weighted by Gasteiger charge is -2.15. The van der Waals surface area contributed by atoms with Crippen LogP contribution in [-0.4, -0.2) is 30.7 Å². The summed E-state index contributed by atoms with van der Waals surface area (Å²) in [6, 6.07) is 7.93. The summed E-state index contributed by atoms with van der Waals surface area (Å²) in [5.41, 5.74) is 5.31. The molecule has 0 spiro atoms. The summed E-state index contributed by atoms with van der Waals surface area (Å²) in [6.45, 7) is 12.4. The quantitative estimate of drug-likeness (QED) is 0.494. The number of aryl methyl sites for hydroxylation is 2. The zero-order valence-corrected chi connectivity index (χ0v) is 19.5. The van der Waals surface area contributed by atoms with Gasteiger partial charge in [0.2, 0.25) is 11.1 Å². The Labute approximate surface area is 182 Å². The van der Waals surface area contributed by atoms with E-state index < -0.39 is 0 Å². The van der Waals surface area contributed by atoms with Crippen molar-refractivity contribution in [1.29, 1.82) is 0 Å². The van der Waals surface area contributed by atoms with E-state index in [0.29, 0.717) is 16.9 Å². The molecule has 3 aromatic rings. The third-order valence-electron chi connectivity index (χ3n) is 5.30. The number of carbonyl (C=O) groups is 1. The largest absolute Gasteiger partial charge is 0.325 e. The predicted octanol–water partition coefficient (Wildman–Crippen LogP) is 5.33. The molecule has 0 saturated heterocycles. The van der Waals surface area contributed by atoms with Gasteiger partial charge in [0.15, 0.2) is 0 Å². The van der Waals surface area contributed by atoms with Crippen LogP contribution in [0.3, 0.4) is 0 Å². The number of para-hydroxylation sites is 1. The number of unbranched alkanes of at least 4 members (excludes halogenated alkanes) is 1. The van der Waals surface area contributed by atoms with Gasteiger partial charge in [0.05, 0.1) is 5.25 Å². The summed E-state index contributed by atoms with van der Waals surface area (Å²) >= 11 is 1.35. The average molecular weight is 426 g/mol. The van der Waals surface area contributed by atoms with E-state index in [-0.39, 0.29) is 11.2 Å². The van der Waals surface area contributed by atoms with E-state index in [0.717, 1.165) is 41.9 Å². The molecule has 160 valence electrons. The van der Waals surface area contributed by atoms with Crippen molar-refractivity contribution in [3.05, 3.63) is 46.8 Å². The van der Waals surface area contributed by atoms with Crippen molar-refractivity contribution in [3.63, 3.8) is 0 Å². The molecule has 0 fully saturated rings. The summed E-state index contributed by atoms with van der Waals surface area (Å²) in [4.78, 5) is 22.0. The Balaban J connectivity index is 1.77. The molecule has 0 aliphatic carbocycles. The van der Waals surface area contributed by atoms with Gasteiger partial charge < -0.3 is 5.32 Å². The maximum absolute atomic E-state index is 12.8. The highest BCUT2D eigenvalue weighted by Crippen LogP contribution is 2.27. The van der Waals surface area contributed by atoms with Crippen LogP contribution in [0.25, 0.3) is 5.78 Å². The van der Waals surface area contributed by atoms with Gasteiger partial charge in [-0.3, -0.25) is 4.79 Å². The first-order valence-electron chi connectivity index (χ1n) is 10.6. The number of hydrogen-bond donors (Lipinski definition) is 1. The minimum Gasteiger partial charge on any atom is -0.325 e. The highest BCUT2D eigenvalue weighted by molar-refractivity contribution is 8.00. The molecule has 1 aromatic carbocycles. The van der Waals surface area contributed by atoms with Crippen LogP contribution >= 0.6 is 11.8 Å². The van der Waals surface area contributed by atoms with E-state index in [1.54, 1.807) is 4.52 Å². The van der Waals surface area contributed by atoms with Gasteiger partial charge >= 0.3 is 0 Å². The van der Waals surface area contributed by atoms with E-state index in [4.69, 9.17) is 0 Å². The molecule has 7 heteroatoms. The summed E-state index contributed by atoms with van der Waals surface area (Å²) in [7, 11) is 0. The van der Waals surface area contributed by atoms with Crippen molar-refractivity contribution in [1.82, 2.24) is 19.6 Å². The Bertz CT molecular complexity index is 1040. The van der Waals surface area contributed by atoms with Crippen LogP contribution in [0.4, 0.5) is 5.69 Å². The topological polar surface area (TPSA) is 72.2 Å². The van der Waals surface area contributed by atoms with Crippen molar-refractivity contribution >= 4 is 29.1 Å². The van der Waals surface area contributed by atoms with Crippen molar-refractivity contribution in [3.8, 4) is 0 Å². The second kappa shape index (κ2) is 9.60. The lowest BCUT2D eigenvalue weighted by molar-refractivity contribution is -0.115. The monoisotopic (exact) mass is 425 g/mol. The van der Waals surface area contributed by atoms with Gasteiger partial charge in [-0.15, -0.1) is 5.10 Å². The number of amides is 1. The Morgan fingerprint density at radius 3 is 2.60 bits per heavy atom. The zero-order valence-electron chi connectivity index (χ0n) is 18.7. The highest BCUT2D eigenvalue weighted by atomic mass is 32.2. The van der Waals surface area contributed by atoms with Crippen molar-refractivity contribution in [2.24, 2.45) is 0 Å². The maximum Gasteiger partial charge on any atom is 0.253 e. The molecular weight excluding hydrogens is 394 g/mol. The molecule has 30 heavy (non-hydrogen) atoms. The Morgan fingerprint density at radius 2 is 1.90 bits per heavy atom. The third kappa shape index (κ3) is 4.83. The van der Waals surface area contributed by atoms with Gasteiger partial charge in [0.1, 0.15) is 0 Å². The van der Waals surface area contributed by atoms with Crippen LogP contribution in [0.1, 0.15) is 69.0 Å². The molecule has 1 unspecified atom stereocenters. The molecule has 2 aromatic heterocycles. The number of benzene rings is 1. The molecule has 0 bridgehead atoms. The number of nitrogens with one attached hydrogen (secondary N) is 1. The van der Waals surface area contributed by atoms with Crippen molar-refractivity contribution in [2.45, 2.75) is 77.1 Å². The Hall–Kier alpha value is -2.41.